The van der Waals surface area contributed by atoms with Crippen LogP contribution in [0, 0.1) is 5.92 Å². The van der Waals surface area contributed by atoms with Crippen molar-refractivity contribution in [3.05, 3.63) is 22.7 Å². The van der Waals surface area contributed by atoms with E-state index in [1.807, 2.05) is 25.7 Å². The van der Waals surface area contributed by atoms with Crippen molar-refractivity contribution in [1.82, 2.24) is 10.2 Å². The molecular formula is C19H27ClN2O4. The number of nitrogens with zero attached hydrogens (tertiary/aromatic N) is 1. The first kappa shape index (κ1) is 20.4. The normalized spacial score (nSPS) is 15.1. The highest BCUT2D eigenvalue weighted by molar-refractivity contribution is 6.32. The Kier molecular flexibility index (Phi) is 7.14. The Labute approximate surface area is 159 Å². The Balaban J connectivity index is 2.00. The molecule has 1 aliphatic rings. The van der Waals surface area contributed by atoms with Gasteiger partial charge in [-0.2, -0.15) is 0 Å². The van der Waals surface area contributed by atoms with E-state index in [0.717, 1.165) is 12.8 Å². The van der Waals surface area contributed by atoms with E-state index >= 15 is 0 Å². The number of carbonyl (C=O) groups excluding carboxylic acids is 2. The topological polar surface area (TPSA) is 67.9 Å². The van der Waals surface area contributed by atoms with Crippen LogP contribution in [0.25, 0.3) is 0 Å². The highest BCUT2D eigenvalue weighted by Gasteiger charge is 2.26. The van der Waals surface area contributed by atoms with E-state index in [4.69, 9.17) is 21.1 Å². The van der Waals surface area contributed by atoms with Crippen LogP contribution < -0.4 is 14.8 Å². The molecule has 2 amide bonds. The van der Waals surface area contributed by atoms with E-state index in [2.05, 4.69) is 5.32 Å². The van der Waals surface area contributed by atoms with Gasteiger partial charge in [-0.15, -0.1) is 0 Å². The molecule has 1 aliphatic heterocycles. The molecule has 0 aliphatic carbocycles. The second-order valence-corrected chi connectivity index (χ2v) is 7.06. The summed E-state index contributed by atoms with van der Waals surface area (Å²) in [4.78, 5) is 26.5. The van der Waals surface area contributed by atoms with E-state index in [0.29, 0.717) is 41.8 Å². The van der Waals surface area contributed by atoms with Crippen LogP contribution >= 0.6 is 11.6 Å². The molecule has 0 bridgehead atoms. The summed E-state index contributed by atoms with van der Waals surface area (Å²) in [5.74, 6) is 0.829. The predicted octanol–water partition coefficient (Wildman–Crippen LogP) is 3.12. The molecule has 7 heteroatoms. The van der Waals surface area contributed by atoms with Gasteiger partial charge in [-0.1, -0.05) is 25.4 Å². The molecule has 0 aromatic heterocycles. The molecule has 0 saturated carbocycles. The number of methoxy groups -OCH3 is 1. The number of ether oxygens (including phenoxy) is 2. The zero-order valence-corrected chi connectivity index (χ0v) is 16.6. The quantitative estimate of drug-likeness (QED) is 0.820. The summed E-state index contributed by atoms with van der Waals surface area (Å²) in [5, 5.41) is 3.36. The highest BCUT2D eigenvalue weighted by Crippen LogP contribution is 2.36. The Morgan fingerprint density at radius 3 is 2.50 bits per heavy atom. The number of piperidine rings is 1. The largest absolute Gasteiger partial charge is 0.493 e. The van der Waals surface area contributed by atoms with Gasteiger partial charge >= 0.3 is 0 Å². The minimum absolute atomic E-state index is 0.000368. The van der Waals surface area contributed by atoms with Crippen LogP contribution in [0.3, 0.4) is 0 Å². The molecule has 0 atom stereocenters. The van der Waals surface area contributed by atoms with Crippen LogP contribution in [0.15, 0.2) is 12.1 Å². The number of rotatable bonds is 6. The molecule has 0 unspecified atom stereocenters. The third kappa shape index (κ3) is 4.81. The van der Waals surface area contributed by atoms with Gasteiger partial charge in [-0.3, -0.25) is 9.59 Å². The van der Waals surface area contributed by atoms with Gasteiger partial charge in [0.2, 0.25) is 5.91 Å². The van der Waals surface area contributed by atoms with Gasteiger partial charge in [0, 0.05) is 30.6 Å². The summed E-state index contributed by atoms with van der Waals surface area (Å²) in [5.41, 5.74) is 0.427. The first-order valence-electron chi connectivity index (χ1n) is 8.97. The monoisotopic (exact) mass is 382 g/mol. The SMILES string of the molecule is CCOc1c(Cl)cc(C(=O)NC2CCN(C(=O)C(C)C)CC2)cc1OC. The Morgan fingerprint density at radius 2 is 1.96 bits per heavy atom. The first-order valence-corrected chi connectivity index (χ1v) is 9.35. The molecule has 0 spiro atoms. The van der Waals surface area contributed by atoms with Gasteiger partial charge in [-0.25, -0.2) is 0 Å². The molecule has 1 aromatic carbocycles. The average molecular weight is 383 g/mol. The lowest BCUT2D eigenvalue weighted by Crippen LogP contribution is -2.47. The zero-order valence-electron chi connectivity index (χ0n) is 15.8. The number of benzene rings is 1. The zero-order chi connectivity index (χ0) is 19.3. The summed E-state index contributed by atoms with van der Waals surface area (Å²) >= 11 is 6.23. The molecule has 0 radical (unpaired) electrons. The highest BCUT2D eigenvalue weighted by atomic mass is 35.5. The maximum Gasteiger partial charge on any atom is 0.251 e. The van der Waals surface area contributed by atoms with Crippen molar-refractivity contribution < 1.29 is 19.1 Å². The van der Waals surface area contributed by atoms with Crippen LogP contribution in [0.2, 0.25) is 5.02 Å². The molecule has 1 saturated heterocycles. The standard InChI is InChI=1S/C19H27ClN2O4/c1-5-26-17-15(20)10-13(11-16(17)25-4)18(23)21-14-6-8-22(9-7-14)19(24)12(2)3/h10-12,14H,5-9H2,1-4H3,(H,21,23). The minimum atomic E-state index is -0.207. The van der Waals surface area contributed by atoms with E-state index in [1.165, 1.54) is 7.11 Å². The fourth-order valence-corrected chi connectivity index (χ4v) is 3.28. The molecule has 144 valence electrons. The van der Waals surface area contributed by atoms with Gasteiger partial charge in [0.05, 0.1) is 18.7 Å². The predicted molar refractivity (Wildman–Crippen MR) is 101 cm³/mol. The van der Waals surface area contributed by atoms with Gasteiger partial charge in [0.25, 0.3) is 5.91 Å². The van der Waals surface area contributed by atoms with Crippen LogP contribution in [-0.2, 0) is 4.79 Å². The summed E-state index contributed by atoms with van der Waals surface area (Å²) in [7, 11) is 1.51. The van der Waals surface area contributed by atoms with Crippen molar-refractivity contribution in [3.8, 4) is 11.5 Å². The van der Waals surface area contributed by atoms with Crippen molar-refractivity contribution in [2.75, 3.05) is 26.8 Å². The Morgan fingerprint density at radius 1 is 1.31 bits per heavy atom. The van der Waals surface area contributed by atoms with Crippen molar-refractivity contribution in [2.45, 2.75) is 39.7 Å². The molecule has 1 heterocycles. The lowest BCUT2D eigenvalue weighted by atomic mass is 10.0. The minimum Gasteiger partial charge on any atom is -0.493 e. The van der Waals surface area contributed by atoms with Crippen molar-refractivity contribution >= 4 is 23.4 Å². The number of halogens is 1. The molecular weight excluding hydrogens is 356 g/mol. The summed E-state index contributed by atoms with van der Waals surface area (Å²) in [6, 6.07) is 3.25. The number of carbonyl (C=O) groups is 2. The molecule has 2 rings (SSSR count). The van der Waals surface area contributed by atoms with Gasteiger partial charge in [-0.05, 0) is 31.9 Å². The van der Waals surface area contributed by atoms with Crippen LogP contribution in [-0.4, -0.2) is 49.6 Å². The van der Waals surface area contributed by atoms with Crippen molar-refractivity contribution in [1.29, 1.82) is 0 Å². The van der Waals surface area contributed by atoms with Crippen molar-refractivity contribution in [3.63, 3.8) is 0 Å². The number of amides is 2. The molecule has 1 N–H and O–H groups in total. The number of likely N-dealkylation sites (tertiary alicyclic amines) is 1. The van der Waals surface area contributed by atoms with Crippen LogP contribution in [0.5, 0.6) is 11.5 Å². The summed E-state index contributed by atoms with van der Waals surface area (Å²) in [6.45, 7) is 7.44. The first-order chi connectivity index (χ1) is 12.4. The number of nitrogens with one attached hydrogen (secondary N) is 1. The van der Waals surface area contributed by atoms with Gasteiger partial charge in [0.1, 0.15) is 0 Å². The smallest absolute Gasteiger partial charge is 0.251 e. The third-order valence-electron chi connectivity index (χ3n) is 4.42. The fourth-order valence-electron chi connectivity index (χ4n) is 3.01. The molecule has 26 heavy (non-hydrogen) atoms. The molecule has 1 aromatic rings. The second-order valence-electron chi connectivity index (χ2n) is 6.65. The molecule has 1 fully saturated rings. The lowest BCUT2D eigenvalue weighted by molar-refractivity contribution is -0.135. The average Bonchev–Trinajstić information content (AvgIpc) is 2.63. The number of hydrogen-bond acceptors (Lipinski definition) is 4. The summed E-state index contributed by atoms with van der Waals surface area (Å²) in [6.07, 6.45) is 1.48. The Bertz CT molecular complexity index is 655. The van der Waals surface area contributed by atoms with E-state index in [1.54, 1.807) is 12.1 Å². The van der Waals surface area contributed by atoms with Gasteiger partial charge in [0.15, 0.2) is 11.5 Å². The maximum absolute atomic E-state index is 12.6. The third-order valence-corrected chi connectivity index (χ3v) is 4.70. The van der Waals surface area contributed by atoms with Gasteiger partial charge < -0.3 is 19.7 Å². The second kappa shape index (κ2) is 9.12. The van der Waals surface area contributed by atoms with E-state index in [-0.39, 0.29) is 23.8 Å². The Hall–Kier alpha value is -1.95. The van der Waals surface area contributed by atoms with E-state index < -0.39 is 0 Å². The lowest BCUT2D eigenvalue weighted by Gasteiger charge is -2.33. The summed E-state index contributed by atoms with van der Waals surface area (Å²) < 4.78 is 10.8. The van der Waals surface area contributed by atoms with E-state index in [9.17, 15) is 9.59 Å². The van der Waals surface area contributed by atoms with Crippen LogP contribution in [0.4, 0.5) is 0 Å². The molecule has 6 nitrogen and oxygen atoms in total. The van der Waals surface area contributed by atoms with Crippen molar-refractivity contribution in [2.24, 2.45) is 5.92 Å². The maximum atomic E-state index is 12.6. The fraction of sp³-hybridized carbons (Fsp3) is 0.579. The van der Waals surface area contributed by atoms with Crippen LogP contribution in [0.1, 0.15) is 44.0 Å². The number of hydrogen-bond donors (Lipinski definition) is 1.